The average molecular weight is 333 g/mol. The summed E-state index contributed by atoms with van der Waals surface area (Å²) in [4.78, 5) is 12.2. The molecule has 1 amide bonds. The maximum Gasteiger partial charge on any atom is 0.255 e. The molecule has 2 aromatic carbocycles. The van der Waals surface area contributed by atoms with Crippen molar-refractivity contribution in [2.75, 3.05) is 17.7 Å². The van der Waals surface area contributed by atoms with Crippen LogP contribution in [0.15, 0.2) is 48.5 Å². The van der Waals surface area contributed by atoms with Crippen LogP contribution in [0.5, 0.6) is 0 Å². The van der Waals surface area contributed by atoms with Crippen molar-refractivity contribution in [2.24, 2.45) is 5.92 Å². The maximum absolute atomic E-state index is 12.2. The molecule has 122 valence electrons. The Morgan fingerprint density at radius 1 is 1.17 bits per heavy atom. The Morgan fingerprint density at radius 3 is 2.70 bits per heavy atom. The molecule has 3 N–H and O–H groups in total. The summed E-state index contributed by atoms with van der Waals surface area (Å²) in [5.41, 5.74) is 8.66. The van der Waals surface area contributed by atoms with Crippen molar-refractivity contribution in [3.05, 3.63) is 59.7 Å². The molecular formula is C18H21ClN2O2. The molecule has 5 heteroatoms. The summed E-state index contributed by atoms with van der Waals surface area (Å²) in [7, 11) is 0. The highest BCUT2D eigenvalue weighted by Gasteiger charge is 2.21. The van der Waals surface area contributed by atoms with Crippen LogP contribution < -0.4 is 11.1 Å². The SMILES string of the molecule is Cl.Nc1cccc(C(=O)Nc2cccc(COCC3CC3)c2)c1. The zero-order valence-electron chi connectivity index (χ0n) is 12.8. The van der Waals surface area contributed by atoms with Gasteiger partial charge in [-0.3, -0.25) is 4.79 Å². The van der Waals surface area contributed by atoms with Gasteiger partial charge in [0, 0.05) is 23.5 Å². The first-order valence-corrected chi connectivity index (χ1v) is 7.54. The Balaban J connectivity index is 0.00000192. The molecule has 4 nitrogen and oxygen atoms in total. The Labute approximate surface area is 142 Å². The molecule has 0 radical (unpaired) electrons. The molecule has 0 bridgehead atoms. The van der Waals surface area contributed by atoms with E-state index in [2.05, 4.69) is 5.32 Å². The van der Waals surface area contributed by atoms with Crippen molar-refractivity contribution in [3.8, 4) is 0 Å². The number of nitrogens with one attached hydrogen (secondary N) is 1. The maximum atomic E-state index is 12.2. The normalized spacial score (nSPS) is 13.2. The minimum absolute atomic E-state index is 0. The monoisotopic (exact) mass is 332 g/mol. The number of rotatable bonds is 6. The predicted molar refractivity (Wildman–Crippen MR) is 94.9 cm³/mol. The molecule has 23 heavy (non-hydrogen) atoms. The molecule has 0 atom stereocenters. The van der Waals surface area contributed by atoms with Crippen LogP contribution in [0.1, 0.15) is 28.8 Å². The van der Waals surface area contributed by atoms with Gasteiger partial charge in [0.15, 0.2) is 0 Å². The number of amides is 1. The van der Waals surface area contributed by atoms with Gasteiger partial charge < -0.3 is 15.8 Å². The van der Waals surface area contributed by atoms with Crippen LogP contribution in [0.4, 0.5) is 11.4 Å². The van der Waals surface area contributed by atoms with Gasteiger partial charge in [0.25, 0.3) is 5.91 Å². The summed E-state index contributed by atoms with van der Waals surface area (Å²) in [6, 6.07) is 14.7. The van der Waals surface area contributed by atoms with Crippen LogP contribution in [-0.4, -0.2) is 12.5 Å². The first-order chi connectivity index (χ1) is 10.7. The van der Waals surface area contributed by atoms with E-state index in [1.807, 2.05) is 24.3 Å². The van der Waals surface area contributed by atoms with E-state index in [0.29, 0.717) is 17.9 Å². The van der Waals surface area contributed by atoms with Crippen molar-refractivity contribution >= 4 is 29.7 Å². The number of benzene rings is 2. The van der Waals surface area contributed by atoms with E-state index in [1.165, 1.54) is 12.8 Å². The molecule has 0 spiro atoms. The second kappa shape index (κ2) is 7.99. The lowest BCUT2D eigenvalue weighted by Gasteiger charge is -2.08. The number of hydrogen-bond donors (Lipinski definition) is 2. The van der Waals surface area contributed by atoms with Crippen LogP contribution >= 0.6 is 12.4 Å². The second-order valence-corrected chi connectivity index (χ2v) is 5.74. The Kier molecular flexibility index (Phi) is 6.02. The first kappa shape index (κ1) is 17.3. The number of carbonyl (C=O) groups excluding carboxylic acids is 1. The first-order valence-electron chi connectivity index (χ1n) is 7.54. The summed E-state index contributed by atoms with van der Waals surface area (Å²) in [6.07, 6.45) is 2.58. The number of anilines is 2. The zero-order valence-corrected chi connectivity index (χ0v) is 13.6. The number of carbonyl (C=O) groups is 1. The molecule has 0 saturated heterocycles. The fourth-order valence-electron chi connectivity index (χ4n) is 2.25. The number of ether oxygens (including phenoxy) is 1. The van der Waals surface area contributed by atoms with Gasteiger partial charge in [0.2, 0.25) is 0 Å². The fourth-order valence-corrected chi connectivity index (χ4v) is 2.25. The van der Waals surface area contributed by atoms with Crippen LogP contribution in [0.2, 0.25) is 0 Å². The Hall–Kier alpha value is -2.04. The van der Waals surface area contributed by atoms with Crippen molar-refractivity contribution < 1.29 is 9.53 Å². The Morgan fingerprint density at radius 2 is 1.96 bits per heavy atom. The molecule has 0 aromatic heterocycles. The van der Waals surface area contributed by atoms with Crippen LogP contribution in [0.3, 0.4) is 0 Å². The lowest BCUT2D eigenvalue weighted by Crippen LogP contribution is -2.12. The average Bonchev–Trinajstić information content (AvgIpc) is 3.32. The van der Waals surface area contributed by atoms with Crippen molar-refractivity contribution in [2.45, 2.75) is 19.4 Å². The van der Waals surface area contributed by atoms with Crippen LogP contribution in [-0.2, 0) is 11.3 Å². The standard InChI is InChI=1S/C18H20N2O2.ClH/c19-16-5-2-4-15(10-16)18(21)20-17-6-1-3-14(9-17)12-22-11-13-7-8-13;/h1-6,9-10,13H,7-8,11-12,19H2,(H,20,21);1H. The molecule has 0 aliphatic heterocycles. The van der Waals surface area contributed by atoms with Gasteiger partial charge in [0.1, 0.15) is 0 Å². The predicted octanol–water partition coefficient (Wildman–Crippen LogP) is 3.87. The van der Waals surface area contributed by atoms with E-state index >= 15 is 0 Å². The number of halogens is 1. The zero-order chi connectivity index (χ0) is 15.4. The summed E-state index contributed by atoms with van der Waals surface area (Å²) in [6.45, 7) is 1.42. The van der Waals surface area contributed by atoms with Gasteiger partial charge >= 0.3 is 0 Å². The summed E-state index contributed by atoms with van der Waals surface area (Å²) in [5.74, 6) is 0.592. The molecule has 1 aliphatic carbocycles. The third kappa shape index (κ3) is 5.27. The topological polar surface area (TPSA) is 64.4 Å². The molecule has 1 fully saturated rings. The van der Waals surface area contributed by atoms with Gasteiger partial charge in [-0.15, -0.1) is 12.4 Å². The molecule has 1 aliphatic rings. The van der Waals surface area contributed by atoms with Gasteiger partial charge in [0.05, 0.1) is 6.61 Å². The third-order valence-electron chi connectivity index (χ3n) is 3.65. The van der Waals surface area contributed by atoms with E-state index < -0.39 is 0 Å². The third-order valence-corrected chi connectivity index (χ3v) is 3.65. The summed E-state index contributed by atoms with van der Waals surface area (Å²) >= 11 is 0. The fraction of sp³-hybridized carbons (Fsp3) is 0.278. The minimum atomic E-state index is -0.164. The highest BCUT2D eigenvalue weighted by molar-refractivity contribution is 6.04. The van der Waals surface area contributed by atoms with Crippen LogP contribution in [0, 0.1) is 5.92 Å². The second-order valence-electron chi connectivity index (χ2n) is 5.74. The highest BCUT2D eigenvalue weighted by atomic mass is 35.5. The van der Waals surface area contributed by atoms with E-state index in [0.717, 1.165) is 23.8 Å². The quantitative estimate of drug-likeness (QED) is 0.789. The van der Waals surface area contributed by atoms with Gasteiger partial charge in [-0.2, -0.15) is 0 Å². The largest absolute Gasteiger partial charge is 0.399 e. The van der Waals surface area contributed by atoms with E-state index in [1.54, 1.807) is 24.3 Å². The van der Waals surface area contributed by atoms with Crippen molar-refractivity contribution in [1.29, 1.82) is 0 Å². The molecule has 3 rings (SSSR count). The van der Waals surface area contributed by atoms with Crippen molar-refractivity contribution in [3.63, 3.8) is 0 Å². The van der Waals surface area contributed by atoms with Gasteiger partial charge in [-0.05, 0) is 54.7 Å². The van der Waals surface area contributed by atoms with E-state index in [-0.39, 0.29) is 18.3 Å². The summed E-state index contributed by atoms with van der Waals surface area (Å²) in [5, 5.41) is 2.89. The minimum Gasteiger partial charge on any atom is -0.399 e. The molecule has 1 saturated carbocycles. The smallest absolute Gasteiger partial charge is 0.255 e. The van der Waals surface area contributed by atoms with Gasteiger partial charge in [-0.25, -0.2) is 0 Å². The molecule has 0 unspecified atom stereocenters. The molecule has 0 heterocycles. The summed E-state index contributed by atoms with van der Waals surface area (Å²) < 4.78 is 5.67. The highest BCUT2D eigenvalue weighted by Crippen LogP contribution is 2.29. The number of nitrogen functional groups attached to an aromatic ring is 1. The van der Waals surface area contributed by atoms with E-state index in [4.69, 9.17) is 10.5 Å². The van der Waals surface area contributed by atoms with E-state index in [9.17, 15) is 4.79 Å². The molecule has 2 aromatic rings. The molecular weight excluding hydrogens is 312 g/mol. The lowest BCUT2D eigenvalue weighted by atomic mass is 10.1. The van der Waals surface area contributed by atoms with Gasteiger partial charge in [-0.1, -0.05) is 18.2 Å². The van der Waals surface area contributed by atoms with Crippen molar-refractivity contribution in [1.82, 2.24) is 0 Å². The number of nitrogens with two attached hydrogens (primary N) is 1. The Bertz CT molecular complexity index is 672. The van der Waals surface area contributed by atoms with Crippen LogP contribution in [0.25, 0.3) is 0 Å². The number of hydrogen-bond acceptors (Lipinski definition) is 3. The lowest BCUT2D eigenvalue weighted by molar-refractivity contribution is 0.102.